The van der Waals surface area contributed by atoms with Crippen LogP contribution >= 0.6 is 0 Å². The first-order valence-electron chi connectivity index (χ1n) is 37.3. The molecule has 1 atom stereocenters. The van der Waals surface area contributed by atoms with Crippen LogP contribution in [-0.2, 0) is 0 Å². The van der Waals surface area contributed by atoms with Crippen molar-refractivity contribution in [2.24, 2.45) is 0 Å². The van der Waals surface area contributed by atoms with Crippen molar-refractivity contribution < 1.29 is 17.7 Å². The van der Waals surface area contributed by atoms with Crippen molar-refractivity contribution in [2.75, 3.05) is 0 Å². The molecular weight excluding hydrogens is 1310 g/mol. The fraction of sp³-hybridized carbons (Fsp3) is 0.0192. The zero-order chi connectivity index (χ0) is 70.4. The molecule has 0 bridgehead atoms. The first kappa shape index (κ1) is 59.3. The summed E-state index contributed by atoms with van der Waals surface area (Å²) in [6.45, 7) is 0. The highest BCUT2D eigenvalue weighted by molar-refractivity contribution is 6.29. The van der Waals surface area contributed by atoms with Gasteiger partial charge in [-0.25, -0.2) is 0 Å². The van der Waals surface area contributed by atoms with Crippen molar-refractivity contribution in [3.8, 4) is 55.6 Å². The van der Waals surface area contributed by atoms with Gasteiger partial charge in [-0.15, -0.1) is 0 Å². The van der Waals surface area contributed by atoms with Gasteiger partial charge in [-0.2, -0.15) is 0 Å². The van der Waals surface area contributed by atoms with Crippen LogP contribution in [0.2, 0.25) is 0 Å². The van der Waals surface area contributed by atoms with Gasteiger partial charge in [0.25, 0.3) is 0 Å². The number of benzene rings is 19. The summed E-state index contributed by atoms with van der Waals surface area (Å²) in [6, 6.07) is 125. The lowest BCUT2D eigenvalue weighted by molar-refractivity contribution is 0.566. The highest BCUT2D eigenvalue weighted by Gasteiger charge is 2.28. The van der Waals surface area contributed by atoms with E-state index in [1.54, 1.807) is 0 Å². The molecule has 1 aliphatic carbocycles. The highest BCUT2D eigenvalue weighted by atomic mass is 16.3. The summed E-state index contributed by atoms with van der Waals surface area (Å²) < 4.78 is 27.0. The molecule has 4 heteroatoms. The van der Waals surface area contributed by atoms with Crippen molar-refractivity contribution >= 4 is 175 Å². The van der Waals surface area contributed by atoms with Crippen LogP contribution in [0.25, 0.3) is 230 Å². The van der Waals surface area contributed by atoms with E-state index in [1.165, 1.54) is 109 Å². The maximum atomic E-state index is 7.32. The van der Waals surface area contributed by atoms with Gasteiger partial charge < -0.3 is 17.7 Å². The van der Waals surface area contributed by atoms with E-state index in [2.05, 4.69) is 328 Å². The van der Waals surface area contributed by atoms with Crippen LogP contribution in [0.15, 0.2) is 357 Å². The van der Waals surface area contributed by atoms with Crippen molar-refractivity contribution in [1.29, 1.82) is 0 Å². The second-order valence-corrected chi connectivity index (χ2v) is 29.4. The van der Waals surface area contributed by atoms with Gasteiger partial charge >= 0.3 is 0 Å². The van der Waals surface area contributed by atoms with E-state index >= 15 is 0 Å². The SMILES string of the molecule is C1=c2c(oc3ccc4c(ccc5c6ccccc6oc54)c23)=C(c2ccc3c(-c4c5ccccc5c(-c5cccc(-c6ccc7oc8ccc9c(ccc%10oc%11ccccc%11c%109)c8c7c6)c5)c5ccccc45)cccc3c2)CC1c1cccc(-c2c3ccccc3c(-c3cccc4ccccc34)c3ccccc23)c1. The topological polar surface area (TPSA) is 52.6 Å². The molecule has 0 fully saturated rings. The summed E-state index contributed by atoms with van der Waals surface area (Å²) >= 11 is 0. The molecule has 1 aliphatic rings. The smallest absolute Gasteiger partial charge is 0.143 e. The van der Waals surface area contributed by atoms with E-state index in [-0.39, 0.29) is 5.92 Å². The summed E-state index contributed by atoms with van der Waals surface area (Å²) in [5, 5.41) is 28.0. The molecule has 0 amide bonds. The van der Waals surface area contributed by atoms with Gasteiger partial charge in [-0.05, 0) is 233 Å². The molecule has 23 aromatic rings. The number of para-hydroxylation sites is 2. The van der Waals surface area contributed by atoms with Crippen molar-refractivity contribution in [1.82, 2.24) is 0 Å². The largest absolute Gasteiger partial charge is 0.456 e. The van der Waals surface area contributed by atoms with Gasteiger partial charge in [-0.1, -0.05) is 267 Å². The van der Waals surface area contributed by atoms with Crippen LogP contribution in [0.4, 0.5) is 0 Å². The third kappa shape index (κ3) is 8.62. The normalized spacial score (nSPS) is 13.5. The lowest BCUT2D eigenvalue weighted by Gasteiger charge is -2.22. The Hall–Kier alpha value is -14.1. The average molecular weight is 1370 g/mol. The first-order valence-corrected chi connectivity index (χ1v) is 37.3. The molecule has 0 N–H and O–H groups in total. The van der Waals surface area contributed by atoms with E-state index in [1.807, 2.05) is 18.2 Å². The Morgan fingerprint density at radius 1 is 0.222 bits per heavy atom. The monoisotopic (exact) mass is 1370 g/mol. The lowest BCUT2D eigenvalue weighted by Crippen LogP contribution is -2.29. The van der Waals surface area contributed by atoms with Crippen LogP contribution < -0.4 is 10.6 Å². The standard InChI is InChI=1S/C104H60O4/c1-2-26-68-59(19-1)20-17-37-71(68)98-77-32-7-3-28-73(77)97(74-29-4-8-33-78(74)98)66-25-16-22-61(54-66)67-57-87(104-89(58-67)102-83-44-45-84-70-27-11-13-39-90(70)107-103(84)85(83)48-52-95(102)108-104)64-41-43-69-63(55-64)23-18-38-72(69)99-79-34-9-5-30-75(79)96(76-31-6-10-35-80(76)99)65-24-15-21-60(53-65)62-42-49-92-88(56-62)101-82-47-50-93-100(81(82)46-51-94(101)106-92)86-36-12-14-40-91(86)105-93/h1-56,58,67H,57H2. The molecule has 19 aromatic carbocycles. The van der Waals surface area contributed by atoms with Gasteiger partial charge in [0.1, 0.15) is 44.5 Å². The van der Waals surface area contributed by atoms with E-state index in [0.29, 0.717) is 0 Å². The number of fused-ring (bicyclic) bond motifs is 24. The molecule has 0 saturated heterocycles. The number of hydrogen-bond acceptors (Lipinski definition) is 4. The summed E-state index contributed by atoms with van der Waals surface area (Å²) in [5.41, 5.74) is 22.6. The van der Waals surface area contributed by atoms with E-state index < -0.39 is 0 Å². The number of rotatable bonds is 7. The Morgan fingerprint density at radius 2 is 0.639 bits per heavy atom. The Bertz CT molecular complexity index is 7930. The van der Waals surface area contributed by atoms with Crippen LogP contribution in [-0.4, -0.2) is 0 Å². The minimum absolute atomic E-state index is 0.0115. The van der Waals surface area contributed by atoms with Gasteiger partial charge in [0, 0.05) is 59.8 Å². The zero-order valence-electron chi connectivity index (χ0n) is 58.3. The molecule has 4 heterocycles. The Kier molecular flexibility index (Phi) is 12.5. The van der Waals surface area contributed by atoms with Crippen LogP contribution in [0, 0.1) is 0 Å². The number of furan rings is 4. The minimum atomic E-state index is -0.0115. The third-order valence-electron chi connectivity index (χ3n) is 23.8. The van der Waals surface area contributed by atoms with Gasteiger partial charge in [0.15, 0.2) is 0 Å². The van der Waals surface area contributed by atoms with Crippen molar-refractivity contribution in [2.45, 2.75) is 12.3 Å². The van der Waals surface area contributed by atoms with Crippen LogP contribution in [0.5, 0.6) is 0 Å². The quantitative estimate of drug-likeness (QED) is 0.149. The van der Waals surface area contributed by atoms with Crippen LogP contribution in [0.1, 0.15) is 23.5 Å². The van der Waals surface area contributed by atoms with Gasteiger partial charge in [0.2, 0.25) is 0 Å². The van der Waals surface area contributed by atoms with Crippen molar-refractivity contribution in [3.63, 3.8) is 0 Å². The molecule has 4 aromatic heterocycles. The summed E-state index contributed by atoms with van der Waals surface area (Å²) in [6.07, 6.45) is 3.23. The molecule has 500 valence electrons. The Morgan fingerprint density at radius 3 is 1.30 bits per heavy atom. The zero-order valence-corrected chi connectivity index (χ0v) is 58.3. The van der Waals surface area contributed by atoms with Gasteiger partial charge in [-0.3, -0.25) is 0 Å². The average Bonchev–Trinajstić information content (AvgIpc) is 1.21. The summed E-state index contributed by atoms with van der Waals surface area (Å²) in [7, 11) is 0. The Balaban J connectivity index is 0.653. The number of hydrogen-bond donors (Lipinski definition) is 0. The third-order valence-corrected chi connectivity index (χ3v) is 23.8. The molecule has 1 unspecified atom stereocenters. The fourth-order valence-electron chi connectivity index (χ4n) is 19.1. The van der Waals surface area contributed by atoms with E-state index in [9.17, 15) is 0 Å². The molecule has 4 nitrogen and oxygen atoms in total. The second-order valence-electron chi connectivity index (χ2n) is 29.4. The van der Waals surface area contributed by atoms with Crippen molar-refractivity contribution in [3.05, 3.63) is 361 Å². The maximum absolute atomic E-state index is 7.32. The summed E-state index contributed by atoms with van der Waals surface area (Å²) in [5.74, 6) is -0.0115. The van der Waals surface area contributed by atoms with E-state index in [4.69, 9.17) is 17.7 Å². The molecule has 0 aliphatic heterocycles. The predicted octanol–water partition coefficient (Wildman–Crippen LogP) is 27.9. The minimum Gasteiger partial charge on any atom is -0.456 e. The molecule has 0 spiro atoms. The van der Waals surface area contributed by atoms with E-state index in [0.717, 1.165) is 143 Å². The summed E-state index contributed by atoms with van der Waals surface area (Å²) in [4.78, 5) is 0. The Labute approximate surface area is 617 Å². The maximum Gasteiger partial charge on any atom is 0.143 e. The lowest BCUT2D eigenvalue weighted by atomic mass is 9.81. The predicted molar refractivity (Wildman–Crippen MR) is 452 cm³/mol. The second kappa shape index (κ2) is 22.7. The van der Waals surface area contributed by atoms with Gasteiger partial charge in [0.05, 0.1) is 0 Å². The fourth-order valence-corrected chi connectivity index (χ4v) is 19.1. The molecular formula is C104H60O4. The molecule has 24 rings (SSSR count). The van der Waals surface area contributed by atoms with Crippen LogP contribution in [0.3, 0.4) is 0 Å². The molecule has 0 radical (unpaired) electrons. The first-order chi connectivity index (χ1) is 53.5. The molecule has 108 heavy (non-hydrogen) atoms. The molecule has 0 saturated carbocycles. The highest BCUT2D eigenvalue weighted by Crippen LogP contribution is 2.51.